The van der Waals surface area contributed by atoms with Crippen LogP contribution in [0.25, 0.3) is 0 Å². The first-order valence-corrected chi connectivity index (χ1v) is 4.44. The van der Waals surface area contributed by atoms with Crippen molar-refractivity contribution in [1.82, 2.24) is 0 Å². The number of carbonyl (C=O) groups excluding carboxylic acids is 1. The second-order valence-electron chi connectivity index (χ2n) is 3.83. The Morgan fingerprint density at radius 3 is 2.14 bits per heavy atom. The first kappa shape index (κ1) is 12.7. The van der Waals surface area contributed by atoms with Gasteiger partial charge in [0.25, 0.3) is 0 Å². The van der Waals surface area contributed by atoms with Crippen LogP contribution in [0.15, 0.2) is 11.6 Å². The maximum atomic E-state index is 11.3. The van der Waals surface area contributed by atoms with Crippen molar-refractivity contribution in [3.8, 4) is 0 Å². The van der Waals surface area contributed by atoms with E-state index in [0.717, 1.165) is 0 Å². The Kier molecular flexibility index (Phi) is 4.34. The van der Waals surface area contributed by atoms with Gasteiger partial charge in [-0.2, -0.15) is 0 Å². The first-order chi connectivity index (χ1) is 6.28. The number of allylic oxidation sites excluding steroid dienone is 1. The zero-order valence-electron chi connectivity index (χ0n) is 8.96. The molecule has 0 radical (unpaired) electrons. The molecule has 0 rings (SSSR count). The highest BCUT2D eigenvalue weighted by molar-refractivity contribution is 6.13. The summed E-state index contributed by atoms with van der Waals surface area (Å²) in [5, 5.41) is 8.70. The molecular formula is C10H16O4. The van der Waals surface area contributed by atoms with Crippen molar-refractivity contribution in [3.63, 3.8) is 0 Å². The van der Waals surface area contributed by atoms with Gasteiger partial charge in [0.15, 0.2) is 0 Å². The monoisotopic (exact) mass is 200 g/mol. The Labute approximate surface area is 83.6 Å². The number of carbonyl (C=O) groups is 2. The molecule has 0 spiro atoms. The highest BCUT2D eigenvalue weighted by atomic mass is 16.6. The third kappa shape index (κ3) is 4.64. The lowest BCUT2D eigenvalue weighted by molar-refractivity contribution is -0.152. The largest absolute Gasteiger partial charge is 0.477 e. The molecule has 0 aromatic carbocycles. The van der Waals surface area contributed by atoms with E-state index >= 15 is 0 Å². The second kappa shape index (κ2) is 4.79. The van der Waals surface area contributed by atoms with E-state index in [4.69, 9.17) is 9.84 Å². The average molecular weight is 200 g/mol. The molecule has 0 aliphatic rings. The van der Waals surface area contributed by atoms with Gasteiger partial charge in [-0.1, -0.05) is 13.0 Å². The summed E-state index contributed by atoms with van der Waals surface area (Å²) in [4.78, 5) is 22.0. The average Bonchev–Trinajstić information content (AvgIpc) is 1.95. The van der Waals surface area contributed by atoms with Crippen molar-refractivity contribution < 1.29 is 19.4 Å². The van der Waals surface area contributed by atoms with E-state index in [0.29, 0.717) is 6.42 Å². The van der Waals surface area contributed by atoms with Crippen LogP contribution >= 0.6 is 0 Å². The van der Waals surface area contributed by atoms with Gasteiger partial charge in [-0.15, -0.1) is 0 Å². The number of aliphatic carboxylic acids is 1. The lowest BCUT2D eigenvalue weighted by Crippen LogP contribution is -2.27. The van der Waals surface area contributed by atoms with Gasteiger partial charge < -0.3 is 9.84 Å². The molecule has 0 amide bonds. The predicted octanol–water partition coefficient (Wildman–Crippen LogP) is 1.75. The van der Waals surface area contributed by atoms with Gasteiger partial charge in [0.2, 0.25) is 0 Å². The van der Waals surface area contributed by atoms with Crippen molar-refractivity contribution in [2.45, 2.75) is 39.7 Å². The molecule has 0 aliphatic heterocycles. The maximum absolute atomic E-state index is 11.3. The Balaban J connectivity index is 4.64. The quantitative estimate of drug-likeness (QED) is 0.326. The molecule has 80 valence electrons. The molecule has 0 fully saturated rings. The summed E-state index contributed by atoms with van der Waals surface area (Å²) in [7, 11) is 0. The van der Waals surface area contributed by atoms with Gasteiger partial charge in [-0.3, -0.25) is 0 Å². The molecule has 0 aliphatic carbocycles. The maximum Gasteiger partial charge on any atom is 0.345 e. The molecular weight excluding hydrogens is 184 g/mol. The molecule has 0 unspecified atom stereocenters. The topological polar surface area (TPSA) is 63.6 Å². The number of hydrogen-bond acceptors (Lipinski definition) is 3. The number of carboxylic acid groups (broad SMARTS) is 1. The van der Waals surface area contributed by atoms with Gasteiger partial charge >= 0.3 is 11.9 Å². The van der Waals surface area contributed by atoms with E-state index in [2.05, 4.69) is 0 Å². The molecule has 0 saturated heterocycles. The van der Waals surface area contributed by atoms with Crippen molar-refractivity contribution in [2.75, 3.05) is 0 Å². The van der Waals surface area contributed by atoms with Crippen molar-refractivity contribution >= 4 is 11.9 Å². The highest BCUT2D eigenvalue weighted by Gasteiger charge is 2.23. The molecule has 1 N–H and O–H groups in total. The zero-order chi connectivity index (χ0) is 11.4. The fraction of sp³-hybridized carbons (Fsp3) is 0.600. The summed E-state index contributed by atoms with van der Waals surface area (Å²) >= 11 is 0. The van der Waals surface area contributed by atoms with Crippen LogP contribution in [0.3, 0.4) is 0 Å². The van der Waals surface area contributed by atoms with Crippen LogP contribution in [0.4, 0.5) is 0 Å². The highest BCUT2D eigenvalue weighted by Crippen LogP contribution is 2.11. The number of carboxylic acids is 1. The van der Waals surface area contributed by atoms with E-state index < -0.39 is 17.5 Å². The molecule has 0 aromatic heterocycles. The lowest BCUT2D eigenvalue weighted by Gasteiger charge is -2.19. The molecule has 0 saturated carbocycles. The number of ether oxygens (including phenoxy) is 1. The van der Waals surface area contributed by atoms with Gasteiger partial charge in [-0.05, 0) is 27.2 Å². The van der Waals surface area contributed by atoms with Gasteiger partial charge in [0.05, 0.1) is 0 Å². The third-order valence-electron chi connectivity index (χ3n) is 1.26. The molecule has 0 aromatic rings. The van der Waals surface area contributed by atoms with Crippen LogP contribution in [0, 0.1) is 0 Å². The molecule has 0 atom stereocenters. The van der Waals surface area contributed by atoms with E-state index in [1.165, 1.54) is 6.08 Å². The standard InChI is InChI=1S/C10H16O4/c1-5-6-7(8(11)12)9(13)14-10(2,3)4/h6H,5H2,1-4H3,(H,11,12). The SMILES string of the molecule is CCC=C(C(=O)O)C(=O)OC(C)(C)C. The smallest absolute Gasteiger partial charge is 0.345 e. The van der Waals surface area contributed by atoms with E-state index in [1.807, 2.05) is 0 Å². The van der Waals surface area contributed by atoms with Gasteiger partial charge in [-0.25, -0.2) is 9.59 Å². The fourth-order valence-electron chi connectivity index (χ4n) is 0.795. The van der Waals surface area contributed by atoms with Gasteiger partial charge in [0.1, 0.15) is 11.2 Å². The minimum absolute atomic E-state index is 0.303. The van der Waals surface area contributed by atoms with Crippen LogP contribution in [0.5, 0.6) is 0 Å². The Morgan fingerprint density at radius 1 is 1.36 bits per heavy atom. The van der Waals surface area contributed by atoms with Crippen molar-refractivity contribution in [3.05, 3.63) is 11.6 Å². The van der Waals surface area contributed by atoms with Crippen LogP contribution < -0.4 is 0 Å². The molecule has 0 bridgehead atoms. The number of rotatable bonds is 3. The molecule has 4 heteroatoms. The fourth-order valence-corrected chi connectivity index (χ4v) is 0.795. The van der Waals surface area contributed by atoms with Gasteiger partial charge in [0, 0.05) is 0 Å². The molecule has 0 heterocycles. The van der Waals surface area contributed by atoms with Crippen LogP contribution in [0.2, 0.25) is 0 Å². The first-order valence-electron chi connectivity index (χ1n) is 4.44. The summed E-state index contributed by atoms with van der Waals surface area (Å²) in [5.74, 6) is -2.03. The number of hydrogen-bond donors (Lipinski definition) is 1. The van der Waals surface area contributed by atoms with E-state index in [9.17, 15) is 9.59 Å². The predicted molar refractivity (Wildman–Crippen MR) is 51.9 cm³/mol. The zero-order valence-corrected chi connectivity index (χ0v) is 8.96. The van der Waals surface area contributed by atoms with Crippen LogP contribution in [-0.2, 0) is 14.3 Å². The van der Waals surface area contributed by atoms with Crippen LogP contribution in [0.1, 0.15) is 34.1 Å². The van der Waals surface area contributed by atoms with Crippen LogP contribution in [-0.4, -0.2) is 22.6 Å². The Hall–Kier alpha value is -1.32. The summed E-state index contributed by atoms with van der Waals surface area (Å²) in [6, 6.07) is 0. The number of esters is 1. The Bertz CT molecular complexity index is 258. The summed E-state index contributed by atoms with van der Waals surface area (Å²) < 4.78 is 4.93. The lowest BCUT2D eigenvalue weighted by atomic mass is 10.1. The third-order valence-corrected chi connectivity index (χ3v) is 1.26. The minimum atomic E-state index is -1.25. The molecule has 14 heavy (non-hydrogen) atoms. The molecule has 4 nitrogen and oxygen atoms in total. The second-order valence-corrected chi connectivity index (χ2v) is 3.83. The van der Waals surface area contributed by atoms with Crippen molar-refractivity contribution in [2.24, 2.45) is 0 Å². The summed E-state index contributed by atoms with van der Waals surface area (Å²) in [6.07, 6.45) is 1.83. The van der Waals surface area contributed by atoms with E-state index in [1.54, 1.807) is 27.7 Å². The normalized spacial score (nSPS) is 12.4. The summed E-state index contributed by atoms with van der Waals surface area (Å²) in [6.45, 7) is 6.83. The minimum Gasteiger partial charge on any atom is -0.477 e. The Morgan fingerprint density at radius 2 is 1.86 bits per heavy atom. The summed E-state index contributed by atoms with van der Waals surface area (Å²) in [5.41, 5.74) is -0.971. The van der Waals surface area contributed by atoms with E-state index in [-0.39, 0.29) is 5.57 Å². The van der Waals surface area contributed by atoms with Crippen molar-refractivity contribution in [1.29, 1.82) is 0 Å².